The van der Waals surface area contributed by atoms with Crippen LogP contribution in [0.4, 0.5) is 0 Å². The molecule has 1 aliphatic carbocycles. The fourth-order valence-corrected chi connectivity index (χ4v) is 4.90. The fraction of sp³-hybridized carbons (Fsp3) is 0.565. The molecular weight excluding hydrogens is 350 g/mol. The predicted octanol–water partition coefficient (Wildman–Crippen LogP) is 2.40. The van der Waals surface area contributed by atoms with Crippen LogP contribution in [0.1, 0.15) is 31.2 Å². The Morgan fingerprint density at radius 3 is 2.68 bits per heavy atom. The second-order valence-electron chi connectivity index (χ2n) is 8.42. The first-order valence-electron chi connectivity index (χ1n) is 10.7. The minimum Gasteiger partial charge on any atom is -0.355 e. The second-order valence-corrected chi connectivity index (χ2v) is 8.42. The molecule has 2 saturated heterocycles. The van der Waals surface area contributed by atoms with Gasteiger partial charge in [-0.25, -0.2) is 0 Å². The first-order valence-corrected chi connectivity index (χ1v) is 10.7. The number of rotatable bonds is 6. The Bertz CT molecular complexity index is 712. The van der Waals surface area contributed by atoms with E-state index in [2.05, 4.69) is 10.2 Å². The van der Waals surface area contributed by atoms with E-state index in [9.17, 15) is 9.59 Å². The highest BCUT2D eigenvalue weighted by molar-refractivity contribution is 5.92. The topological polar surface area (TPSA) is 52.7 Å². The van der Waals surface area contributed by atoms with Gasteiger partial charge in [0, 0.05) is 38.2 Å². The minimum absolute atomic E-state index is 0.0578. The molecule has 0 bridgehead atoms. The van der Waals surface area contributed by atoms with E-state index in [0.29, 0.717) is 18.4 Å². The second kappa shape index (κ2) is 8.91. The van der Waals surface area contributed by atoms with Crippen LogP contribution in [0.25, 0.3) is 6.08 Å². The maximum absolute atomic E-state index is 12.6. The standard InChI is InChI=1S/C23H31N3O2/c27-22(9-8-18-6-2-1-3-7-18)26-14-10-19-16-20(21(19)17-26)23(28)24-11-15-25-12-4-5-13-25/h1-3,6-9,19-21H,4-5,10-17H2,(H,24,28)/b9-8+/t19-,20-,21-/m1/s1. The summed E-state index contributed by atoms with van der Waals surface area (Å²) in [6.45, 7) is 5.56. The third kappa shape index (κ3) is 4.46. The zero-order valence-corrected chi connectivity index (χ0v) is 16.6. The normalized spacial score (nSPS) is 27.4. The summed E-state index contributed by atoms with van der Waals surface area (Å²) in [4.78, 5) is 29.5. The quantitative estimate of drug-likeness (QED) is 0.770. The lowest BCUT2D eigenvalue weighted by Gasteiger charge is -2.50. The number of carbonyl (C=O) groups excluding carboxylic acids is 2. The van der Waals surface area contributed by atoms with E-state index in [1.54, 1.807) is 6.08 Å². The molecule has 5 heteroatoms. The lowest BCUT2D eigenvalue weighted by molar-refractivity contribution is -0.142. The molecule has 0 radical (unpaired) electrons. The molecule has 1 saturated carbocycles. The number of hydrogen-bond acceptors (Lipinski definition) is 3. The van der Waals surface area contributed by atoms with E-state index in [4.69, 9.17) is 0 Å². The van der Waals surface area contributed by atoms with Gasteiger partial charge in [-0.1, -0.05) is 30.3 Å². The van der Waals surface area contributed by atoms with Crippen LogP contribution in [0.3, 0.4) is 0 Å². The lowest BCUT2D eigenvalue weighted by Crippen LogP contribution is -2.56. The van der Waals surface area contributed by atoms with Gasteiger partial charge < -0.3 is 15.1 Å². The molecule has 0 spiro atoms. The highest BCUT2D eigenvalue weighted by Crippen LogP contribution is 2.45. The van der Waals surface area contributed by atoms with Crippen LogP contribution >= 0.6 is 0 Å². The number of amides is 2. The average molecular weight is 382 g/mol. The van der Waals surface area contributed by atoms with Crippen molar-refractivity contribution in [3.63, 3.8) is 0 Å². The summed E-state index contributed by atoms with van der Waals surface area (Å²) in [7, 11) is 0. The maximum atomic E-state index is 12.6. The van der Waals surface area contributed by atoms with Crippen molar-refractivity contribution >= 4 is 17.9 Å². The van der Waals surface area contributed by atoms with Crippen molar-refractivity contribution < 1.29 is 9.59 Å². The van der Waals surface area contributed by atoms with E-state index in [-0.39, 0.29) is 17.7 Å². The monoisotopic (exact) mass is 381 g/mol. The molecule has 1 aromatic rings. The van der Waals surface area contributed by atoms with E-state index >= 15 is 0 Å². The van der Waals surface area contributed by atoms with Crippen LogP contribution in [-0.4, -0.2) is 60.9 Å². The predicted molar refractivity (Wildman–Crippen MR) is 110 cm³/mol. The summed E-state index contributed by atoms with van der Waals surface area (Å²) in [5, 5.41) is 3.14. The molecule has 3 aliphatic rings. The minimum atomic E-state index is 0.0578. The average Bonchev–Trinajstić information content (AvgIpc) is 3.21. The molecule has 5 nitrogen and oxygen atoms in total. The van der Waals surface area contributed by atoms with Crippen LogP contribution in [0.15, 0.2) is 36.4 Å². The number of nitrogens with zero attached hydrogens (tertiary/aromatic N) is 2. The Hall–Kier alpha value is -2.14. The number of fused-ring (bicyclic) bond motifs is 1. The van der Waals surface area contributed by atoms with E-state index in [1.807, 2.05) is 41.3 Å². The fourth-order valence-electron chi connectivity index (χ4n) is 4.90. The Morgan fingerprint density at radius 1 is 1.11 bits per heavy atom. The van der Waals surface area contributed by atoms with Gasteiger partial charge in [0.15, 0.2) is 0 Å². The molecule has 0 unspecified atom stereocenters. The van der Waals surface area contributed by atoms with Crippen molar-refractivity contribution in [1.82, 2.24) is 15.1 Å². The van der Waals surface area contributed by atoms with Crippen LogP contribution in [0.5, 0.6) is 0 Å². The molecule has 2 amide bonds. The third-order valence-corrected chi connectivity index (χ3v) is 6.67. The van der Waals surface area contributed by atoms with E-state index < -0.39 is 0 Å². The van der Waals surface area contributed by atoms with Crippen LogP contribution in [-0.2, 0) is 9.59 Å². The summed E-state index contributed by atoms with van der Waals surface area (Å²) in [5.41, 5.74) is 1.03. The molecular formula is C23H31N3O2. The molecule has 2 heterocycles. The van der Waals surface area contributed by atoms with Gasteiger partial charge in [0.05, 0.1) is 0 Å². The molecule has 3 fully saturated rings. The zero-order chi connectivity index (χ0) is 19.3. The van der Waals surface area contributed by atoms with Crippen molar-refractivity contribution in [2.75, 3.05) is 39.3 Å². The zero-order valence-electron chi connectivity index (χ0n) is 16.6. The molecule has 150 valence electrons. The number of carbonyl (C=O) groups is 2. The highest BCUT2D eigenvalue weighted by Gasteiger charge is 2.48. The molecule has 2 aliphatic heterocycles. The molecule has 4 rings (SSSR count). The number of nitrogens with one attached hydrogen (secondary N) is 1. The van der Waals surface area contributed by atoms with Crippen molar-refractivity contribution in [3.8, 4) is 0 Å². The Kier molecular flexibility index (Phi) is 6.10. The summed E-state index contributed by atoms with van der Waals surface area (Å²) in [6.07, 6.45) is 8.11. The number of benzene rings is 1. The Morgan fingerprint density at radius 2 is 1.89 bits per heavy atom. The number of hydrogen-bond donors (Lipinski definition) is 1. The molecule has 3 atom stereocenters. The summed E-state index contributed by atoms with van der Waals surface area (Å²) >= 11 is 0. The van der Waals surface area contributed by atoms with Crippen LogP contribution < -0.4 is 5.32 Å². The SMILES string of the molecule is O=C(NCCN1CCCC1)[C@@H]1C[C@H]2CCN(C(=O)/C=C/c3ccccc3)C[C@H]21. The molecule has 1 aromatic carbocycles. The first kappa shape index (κ1) is 19.2. The van der Waals surface area contributed by atoms with Crippen molar-refractivity contribution in [1.29, 1.82) is 0 Å². The van der Waals surface area contributed by atoms with Crippen molar-refractivity contribution in [2.45, 2.75) is 25.7 Å². The Labute approximate surface area is 167 Å². The van der Waals surface area contributed by atoms with Gasteiger partial charge in [-0.15, -0.1) is 0 Å². The van der Waals surface area contributed by atoms with Crippen molar-refractivity contribution in [3.05, 3.63) is 42.0 Å². The van der Waals surface area contributed by atoms with Gasteiger partial charge in [-0.3, -0.25) is 9.59 Å². The van der Waals surface area contributed by atoms with Gasteiger partial charge in [-0.2, -0.15) is 0 Å². The van der Waals surface area contributed by atoms with Gasteiger partial charge in [0.1, 0.15) is 0 Å². The van der Waals surface area contributed by atoms with Crippen LogP contribution in [0, 0.1) is 17.8 Å². The Balaban J connectivity index is 1.25. The molecule has 28 heavy (non-hydrogen) atoms. The summed E-state index contributed by atoms with van der Waals surface area (Å²) in [6, 6.07) is 9.89. The smallest absolute Gasteiger partial charge is 0.246 e. The van der Waals surface area contributed by atoms with Gasteiger partial charge >= 0.3 is 0 Å². The lowest BCUT2D eigenvalue weighted by atomic mass is 9.61. The van der Waals surface area contributed by atoms with Gasteiger partial charge in [-0.05, 0) is 62.2 Å². The van der Waals surface area contributed by atoms with Crippen molar-refractivity contribution in [2.24, 2.45) is 17.8 Å². The molecule has 1 N–H and O–H groups in total. The first-order chi connectivity index (χ1) is 13.7. The van der Waals surface area contributed by atoms with E-state index in [0.717, 1.165) is 51.1 Å². The van der Waals surface area contributed by atoms with Crippen LogP contribution in [0.2, 0.25) is 0 Å². The molecule has 0 aromatic heterocycles. The number of likely N-dealkylation sites (tertiary alicyclic amines) is 2. The van der Waals surface area contributed by atoms with E-state index in [1.165, 1.54) is 12.8 Å². The maximum Gasteiger partial charge on any atom is 0.246 e. The number of piperidine rings is 1. The largest absolute Gasteiger partial charge is 0.355 e. The summed E-state index contributed by atoms with van der Waals surface area (Å²) < 4.78 is 0. The summed E-state index contributed by atoms with van der Waals surface area (Å²) in [5.74, 6) is 1.26. The highest BCUT2D eigenvalue weighted by atomic mass is 16.2. The van der Waals surface area contributed by atoms with Gasteiger partial charge in [0.2, 0.25) is 11.8 Å². The van der Waals surface area contributed by atoms with Gasteiger partial charge in [0.25, 0.3) is 0 Å². The third-order valence-electron chi connectivity index (χ3n) is 6.67.